The fourth-order valence-corrected chi connectivity index (χ4v) is 6.94. The quantitative estimate of drug-likeness (QED) is 0.668. The van der Waals surface area contributed by atoms with Crippen molar-refractivity contribution in [3.63, 3.8) is 0 Å². The summed E-state index contributed by atoms with van der Waals surface area (Å²) in [7, 11) is 0. The number of rotatable bonds is 0. The van der Waals surface area contributed by atoms with Crippen LogP contribution in [0.25, 0.3) is 0 Å². The molecule has 0 amide bonds. The Hall–Kier alpha value is -0.870. The third-order valence-corrected chi connectivity index (χ3v) is 8.20. The molecule has 1 aliphatic heterocycles. The van der Waals surface area contributed by atoms with Crippen molar-refractivity contribution in [1.29, 1.82) is 0 Å². The molecule has 1 heterocycles. The Morgan fingerprint density at radius 1 is 1.21 bits per heavy atom. The molecule has 134 valence electrons. The molecule has 4 rings (SSSR count). The van der Waals surface area contributed by atoms with E-state index in [2.05, 4.69) is 27.7 Å². The largest absolute Gasteiger partial charge is 0.426 e. The molecule has 3 saturated carbocycles. The van der Waals surface area contributed by atoms with Crippen LogP contribution in [0.15, 0.2) is 11.6 Å². The lowest BCUT2D eigenvalue weighted by atomic mass is 9.42. The molecule has 0 aromatic carbocycles. The summed E-state index contributed by atoms with van der Waals surface area (Å²) in [5, 5.41) is 22.0. The highest BCUT2D eigenvalue weighted by Crippen LogP contribution is 2.66. The summed E-state index contributed by atoms with van der Waals surface area (Å²) in [6.45, 7) is 8.98. The summed E-state index contributed by atoms with van der Waals surface area (Å²) < 4.78 is 5.33. The molecule has 0 unspecified atom stereocenters. The van der Waals surface area contributed by atoms with Crippen molar-refractivity contribution < 1.29 is 19.7 Å². The van der Waals surface area contributed by atoms with Crippen molar-refractivity contribution in [3.8, 4) is 0 Å². The Morgan fingerprint density at radius 3 is 2.62 bits per heavy atom. The first-order valence-corrected chi connectivity index (χ1v) is 9.45. The predicted molar refractivity (Wildman–Crippen MR) is 89.7 cm³/mol. The first kappa shape index (κ1) is 16.6. The number of carbonyl (C=O) groups excluding carboxylic acids is 1. The lowest BCUT2D eigenvalue weighted by molar-refractivity contribution is -0.236. The molecule has 0 spiro atoms. The Bertz CT molecular complexity index is 609. The van der Waals surface area contributed by atoms with Gasteiger partial charge in [-0.3, -0.25) is 0 Å². The Labute approximate surface area is 144 Å². The number of hydrogen-bond acceptors (Lipinski definition) is 4. The van der Waals surface area contributed by atoms with Crippen LogP contribution in [-0.4, -0.2) is 28.1 Å². The predicted octanol–water partition coefficient (Wildman–Crippen LogP) is 3.03. The Morgan fingerprint density at radius 2 is 1.92 bits per heavy atom. The maximum absolute atomic E-state index is 11.8. The van der Waals surface area contributed by atoms with Gasteiger partial charge >= 0.3 is 5.97 Å². The fourth-order valence-electron chi connectivity index (χ4n) is 6.94. The SMILES string of the molecule is C[C@@H]1C2=CC(=O)O[C@]2(O)C[C@@H]2[C@H]1CC[C@@H]1C(C)(C)CC[C@H](O)[C@]21C. The van der Waals surface area contributed by atoms with Gasteiger partial charge in [0, 0.05) is 23.5 Å². The molecule has 0 bridgehead atoms. The molecule has 3 aliphatic carbocycles. The van der Waals surface area contributed by atoms with Crippen molar-refractivity contribution in [2.45, 2.75) is 71.7 Å². The number of hydrogen-bond donors (Lipinski definition) is 2. The zero-order chi connectivity index (χ0) is 17.5. The van der Waals surface area contributed by atoms with E-state index in [-0.39, 0.29) is 28.8 Å². The normalized spacial score (nSPS) is 52.7. The van der Waals surface area contributed by atoms with E-state index in [0.29, 0.717) is 18.3 Å². The molecule has 3 fully saturated rings. The van der Waals surface area contributed by atoms with E-state index >= 15 is 0 Å². The number of carbonyl (C=O) groups is 1. The highest BCUT2D eigenvalue weighted by atomic mass is 16.7. The molecule has 2 N–H and O–H groups in total. The molecule has 24 heavy (non-hydrogen) atoms. The molecule has 0 saturated heterocycles. The highest BCUT2D eigenvalue weighted by Gasteiger charge is 2.64. The summed E-state index contributed by atoms with van der Waals surface area (Å²) in [6.07, 6.45) is 5.67. The van der Waals surface area contributed by atoms with Crippen molar-refractivity contribution in [2.75, 3.05) is 0 Å². The van der Waals surface area contributed by atoms with Crippen LogP contribution in [0, 0.1) is 34.5 Å². The molecule has 4 aliphatic rings. The Kier molecular flexibility index (Phi) is 3.35. The van der Waals surface area contributed by atoms with Gasteiger partial charge in [0.05, 0.1) is 6.10 Å². The maximum Gasteiger partial charge on any atom is 0.333 e. The van der Waals surface area contributed by atoms with E-state index in [1.54, 1.807) is 0 Å². The van der Waals surface area contributed by atoms with E-state index in [4.69, 9.17) is 4.74 Å². The molecule has 0 aromatic heterocycles. The third-order valence-electron chi connectivity index (χ3n) is 8.20. The molecule has 0 radical (unpaired) electrons. The van der Waals surface area contributed by atoms with Crippen LogP contribution in [0.2, 0.25) is 0 Å². The summed E-state index contributed by atoms with van der Waals surface area (Å²) in [6, 6.07) is 0. The molecule has 4 nitrogen and oxygen atoms in total. The van der Waals surface area contributed by atoms with E-state index in [0.717, 1.165) is 31.3 Å². The topological polar surface area (TPSA) is 66.8 Å². The van der Waals surface area contributed by atoms with Gasteiger partial charge in [0.2, 0.25) is 5.79 Å². The molecular weight excluding hydrogens is 304 g/mol. The lowest BCUT2D eigenvalue weighted by Gasteiger charge is -2.64. The zero-order valence-electron chi connectivity index (χ0n) is 15.2. The van der Waals surface area contributed by atoms with Gasteiger partial charge in [-0.05, 0) is 54.8 Å². The number of esters is 1. The maximum atomic E-state index is 11.8. The van der Waals surface area contributed by atoms with Gasteiger partial charge in [-0.2, -0.15) is 0 Å². The second-order valence-electron chi connectivity index (χ2n) is 9.61. The van der Waals surface area contributed by atoms with Gasteiger partial charge in [0.25, 0.3) is 0 Å². The summed E-state index contributed by atoms with van der Waals surface area (Å²) in [5.41, 5.74) is 0.725. The summed E-state index contributed by atoms with van der Waals surface area (Å²) in [5.74, 6) is -0.748. The van der Waals surface area contributed by atoms with Crippen molar-refractivity contribution in [1.82, 2.24) is 0 Å². The van der Waals surface area contributed by atoms with Gasteiger partial charge in [-0.25, -0.2) is 4.79 Å². The standard InChI is InChI=1S/C20H30O4/c1-11-12-5-6-15-18(2,3)8-7-16(21)19(15,4)14(12)10-20(23)13(11)9-17(22)24-20/h9,11-12,14-16,21,23H,5-8,10H2,1-4H3/t11-,12-,14+,15+,16-,19+,20+/m0/s1. The summed E-state index contributed by atoms with van der Waals surface area (Å²) in [4.78, 5) is 11.8. The minimum absolute atomic E-state index is 0.121. The van der Waals surface area contributed by atoms with Crippen LogP contribution in [0.3, 0.4) is 0 Å². The van der Waals surface area contributed by atoms with E-state index in [1.165, 1.54) is 6.08 Å². The third kappa shape index (κ3) is 1.96. The van der Waals surface area contributed by atoms with Crippen molar-refractivity contribution >= 4 is 5.97 Å². The highest BCUT2D eigenvalue weighted by molar-refractivity contribution is 5.86. The van der Waals surface area contributed by atoms with E-state index in [1.807, 2.05) is 0 Å². The molecule has 4 heteroatoms. The van der Waals surface area contributed by atoms with Crippen LogP contribution in [0.4, 0.5) is 0 Å². The Balaban J connectivity index is 1.77. The monoisotopic (exact) mass is 334 g/mol. The molecule has 7 atom stereocenters. The second kappa shape index (κ2) is 4.85. The van der Waals surface area contributed by atoms with Crippen LogP contribution in [-0.2, 0) is 9.53 Å². The average molecular weight is 334 g/mol. The number of ether oxygens (including phenoxy) is 1. The van der Waals surface area contributed by atoms with Crippen LogP contribution < -0.4 is 0 Å². The van der Waals surface area contributed by atoms with Gasteiger partial charge in [0.1, 0.15) is 0 Å². The lowest BCUT2D eigenvalue weighted by Crippen LogP contribution is -2.62. The van der Waals surface area contributed by atoms with Gasteiger partial charge < -0.3 is 14.9 Å². The fraction of sp³-hybridized carbons (Fsp3) is 0.850. The van der Waals surface area contributed by atoms with E-state index in [9.17, 15) is 15.0 Å². The van der Waals surface area contributed by atoms with Crippen molar-refractivity contribution in [3.05, 3.63) is 11.6 Å². The number of aliphatic hydroxyl groups is 2. The van der Waals surface area contributed by atoms with Crippen molar-refractivity contribution in [2.24, 2.45) is 34.5 Å². The second-order valence-corrected chi connectivity index (χ2v) is 9.61. The number of fused-ring (bicyclic) bond motifs is 4. The average Bonchev–Trinajstić information content (AvgIpc) is 2.79. The molecular formula is C20H30O4. The van der Waals surface area contributed by atoms with Gasteiger partial charge in [-0.15, -0.1) is 0 Å². The first-order valence-electron chi connectivity index (χ1n) is 9.45. The van der Waals surface area contributed by atoms with Crippen LogP contribution >= 0.6 is 0 Å². The van der Waals surface area contributed by atoms with Crippen LogP contribution in [0.1, 0.15) is 59.8 Å². The minimum Gasteiger partial charge on any atom is -0.426 e. The first-order chi connectivity index (χ1) is 11.1. The smallest absolute Gasteiger partial charge is 0.333 e. The summed E-state index contributed by atoms with van der Waals surface area (Å²) >= 11 is 0. The van der Waals surface area contributed by atoms with Crippen LogP contribution in [0.5, 0.6) is 0 Å². The van der Waals surface area contributed by atoms with E-state index < -0.39 is 11.8 Å². The number of aliphatic hydroxyl groups excluding tert-OH is 1. The minimum atomic E-state index is -1.45. The van der Waals surface area contributed by atoms with Gasteiger partial charge in [0.15, 0.2) is 0 Å². The zero-order valence-corrected chi connectivity index (χ0v) is 15.2. The van der Waals surface area contributed by atoms with Gasteiger partial charge in [-0.1, -0.05) is 27.7 Å². The molecule has 0 aromatic rings.